The van der Waals surface area contributed by atoms with Crippen molar-refractivity contribution in [2.24, 2.45) is 0 Å². The maximum atomic E-state index is 5.35. The number of benzene rings is 8. The average molecular weight is 813 g/mol. The van der Waals surface area contributed by atoms with Crippen molar-refractivity contribution in [1.29, 1.82) is 0 Å². The Labute approximate surface area is 361 Å². The minimum Gasteiger partial charge on any atom is -0.306 e. The van der Waals surface area contributed by atoms with Crippen LogP contribution in [-0.2, 0) is 5.41 Å². The van der Waals surface area contributed by atoms with E-state index in [1.54, 1.807) is 11.3 Å². The number of thiazole rings is 1. The summed E-state index contributed by atoms with van der Waals surface area (Å²) in [5.41, 5.74) is 14.6. The lowest BCUT2D eigenvalue weighted by molar-refractivity contribution is 0.660. The maximum Gasteiger partial charge on any atom is 0.238 e. The number of hydrogen-bond acceptors (Lipinski definition) is 5. The molecule has 0 unspecified atom stereocenters. The topological polar surface area (TPSA) is 61.4 Å². The van der Waals surface area contributed by atoms with E-state index in [1.807, 2.05) is 36.4 Å². The van der Waals surface area contributed by atoms with Crippen LogP contribution < -0.4 is 0 Å². The molecule has 4 aromatic heterocycles. The smallest absolute Gasteiger partial charge is 0.238 e. The van der Waals surface area contributed by atoms with Gasteiger partial charge in [0, 0.05) is 43.7 Å². The molecule has 0 N–H and O–H groups in total. The van der Waals surface area contributed by atoms with Gasteiger partial charge < -0.3 is 4.57 Å². The SMILES string of the molecule is CC1(C)c2ccccc2-c2ccc(-c3nc4cccc(-n5c6ccccc6c6ccc7c8ccccc8n(-c8nc(-c9ccccc9)nc(-c9ccccc9)n8)c7c65)c4s3)cc21. The van der Waals surface area contributed by atoms with Crippen molar-refractivity contribution in [2.75, 3.05) is 0 Å². The fraction of sp³-hybridized carbons (Fsp3) is 0.0545. The Bertz CT molecular complexity index is 3730. The second-order valence-corrected chi connectivity index (χ2v) is 17.7. The Hall–Kier alpha value is -7.74. The van der Waals surface area contributed by atoms with Crippen LogP contribution >= 0.6 is 11.3 Å². The molecular weight excluding hydrogens is 777 g/mol. The summed E-state index contributed by atoms with van der Waals surface area (Å²) in [5, 5.41) is 5.59. The van der Waals surface area contributed by atoms with Gasteiger partial charge in [-0.15, -0.1) is 11.3 Å². The van der Waals surface area contributed by atoms with Gasteiger partial charge in [0.15, 0.2) is 11.6 Å². The van der Waals surface area contributed by atoms with Crippen molar-refractivity contribution in [2.45, 2.75) is 19.3 Å². The van der Waals surface area contributed by atoms with Gasteiger partial charge in [0.05, 0.1) is 38.0 Å². The Balaban J connectivity index is 1.09. The largest absolute Gasteiger partial charge is 0.306 e. The monoisotopic (exact) mass is 812 g/mol. The van der Waals surface area contributed by atoms with Gasteiger partial charge in [-0.3, -0.25) is 4.57 Å². The lowest BCUT2D eigenvalue weighted by Crippen LogP contribution is -2.14. The molecule has 7 heteroatoms. The fourth-order valence-corrected chi connectivity index (χ4v) is 11.0. The summed E-state index contributed by atoms with van der Waals surface area (Å²) in [4.78, 5) is 21.0. The molecular formula is C55H36N6S. The first-order valence-corrected chi connectivity index (χ1v) is 21.8. The lowest BCUT2D eigenvalue weighted by atomic mass is 9.82. The maximum absolute atomic E-state index is 5.35. The Kier molecular flexibility index (Phi) is 7.42. The van der Waals surface area contributed by atoms with Crippen LogP contribution in [0.4, 0.5) is 0 Å². The van der Waals surface area contributed by atoms with Crippen LogP contribution in [0.15, 0.2) is 182 Å². The van der Waals surface area contributed by atoms with Crippen LogP contribution in [0.1, 0.15) is 25.0 Å². The zero-order valence-corrected chi connectivity index (χ0v) is 34.7. The van der Waals surface area contributed by atoms with E-state index in [9.17, 15) is 0 Å². The molecule has 1 aliphatic rings. The third-order valence-electron chi connectivity index (χ3n) is 12.8. The number of para-hydroxylation sites is 2. The number of nitrogens with zero attached hydrogens (tertiary/aromatic N) is 6. The molecule has 4 heterocycles. The molecule has 0 amide bonds. The number of aromatic nitrogens is 6. The number of hydrogen-bond donors (Lipinski definition) is 0. The van der Waals surface area contributed by atoms with E-state index in [-0.39, 0.29) is 5.41 Å². The predicted octanol–water partition coefficient (Wildman–Crippen LogP) is 14.0. The van der Waals surface area contributed by atoms with Gasteiger partial charge in [0.1, 0.15) is 5.01 Å². The van der Waals surface area contributed by atoms with Crippen molar-refractivity contribution in [1.82, 2.24) is 29.1 Å². The summed E-state index contributed by atoms with van der Waals surface area (Å²) in [6, 6.07) is 64.5. The van der Waals surface area contributed by atoms with E-state index in [4.69, 9.17) is 19.9 Å². The van der Waals surface area contributed by atoms with Crippen molar-refractivity contribution >= 4 is 65.2 Å². The van der Waals surface area contributed by atoms with Crippen LogP contribution in [0.25, 0.3) is 110 Å². The summed E-state index contributed by atoms with van der Waals surface area (Å²) in [6.45, 7) is 4.67. The minimum absolute atomic E-state index is 0.0984. The van der Waals surface area contributed by atoms with Gasteiger partial charge in [0.2, 0.25) is 5.95 Å². The van der Waals surface area contributed by atoms with E-state index in [0.717, 1.165) is 75.8 Å². The Morgan fingerprint density at radius 1 is 0.435 bits per heavy atom. The standard InChI is InChI=1S/C55H36N6S/c1-55(2)42-23-12-9-20-36(42)37-29-28-35(32-43(37)55)53-56-44-24-15-27-47(50(44)62-53)60-45-25-13-10-21-38(45)40-30-31-41-39-22-11-14-26-46(39)61(49(41)48(40)60)54-58-51(33-16-5-3-6-17-33)57-52(59-54)34-18-7-4-8-19-34/h3-32H,1-2H3. The van der Waals surface area contributed by atoms with E-state index < -0.39 is 0 Å². The molecule has 0 aliphatic heterocycles. The van der Waals surface area contributed by atoms with E-state index in [0.29, 0.717) is 17.6 Å². The predicted molar refractivity (Wildman–Crippen MR) is 256 cm³/mol. The van der Waals surface area contributed by atoms with Gasteiger partial charge >= 0.3 is 0 Å². The number of fused-ring (bicyclic) bond motifs is 11. The molecule has 12 aromatic rings. The molecule has 62 heavy (non-hydrogen) atoms. The highest BCUT2D eigenvalue weighted by molar-refractivity contribution is 7.22. The van der Waals surface area contributed by atoms with Crippen molar-refractivity contribution < 1.29 is 0 Å². The molecule has 6 nitrogen and oxygen atoms in total. The van der Waals surface area contributed by atoms with Crippen molar-refractivity contribution in [3.05, 3.63) is 193 Å². The molecule has 13 rings (SSSR count). The lowest BCUT2D eigenvalue weighted by Gasteiger charge is -2.21. The first kappa shape index (κ1) is 35.1. The molecule has 0 fully saturated rings. The molecule has 8 aromatic carbocycles. The Morgan fingerprint density at radius 2 is 1.02 bits per heavy atom. The van der Waals surface area contributed by atoms with Crippen molar-refractivity contribution in [3.63, 3.8) is 0 Å². The van der Waals surface area contributed by atoms with Crippen molar-refractivity contribution in [3.8, 4) is 56.1 Å². The second-order valence-electron chi connectivity index (χ2n) is 16.7. The van der Waals surface area contributed by atoms with E-state index in [1.165, 1.54) is 27.6 Å². The average Bonchev–Trinajstić information content (AvgIpc) is 4.07. The second kappa shape index (κ2) is 13.1. The minimum atomic E-state index is -0.0984. The van der Waals surface area contributed by atoms with E-state index >= 15 is 0 Å². The fourth-order valence-electron chi connectivity index (χ4n) is 9.93. The third kappa shape index (κ3) is 5.03. The molecule has 0 spiro atoms. The summed E-state index contributed by atoms with van der Waals surface area (Å²) in [6.07, 6.45) is 0. The van der Waals surface area contributed by atoms with Gasteiger partial charge in [-0.2, -0.15) is 9.97 Å². The van der Waals surface area contributed by atoms with Crippen LogP contribution in [0.5, 0.6) is 0 Å². The normalized spacial score (nSPS) is 13.1. The molecule has 0 bridgehead atoms. The molecule has 0 saturated heterocycles. The third-order valence-corrected chi connectivity index (χ3v) is 14.0. The molecule has 0 atom stereocenters. The summed E-state index contributed by atoms with van der Waals surface area (Å²) in [5.74, 6) is 1.80. The highest BCUT2D eigenvalue weighted by atomic mass is 32.1. The summed E-state index contributed by atoms with van der Waals surface area (Å²) >= 11 is 1.76. The molecule has 292 valence electrons. The highest BCUT2D eigenvalue weighted by Gasteiger charge is 2.35. The van der Waals surface area contributed by atoms with Crippen LogP contribution in [-0.4, -0.2) is 29.1 Å². The zero-order valence-electron chi connectivity index (χ0n) is 33.9. The van der Waals surface area contributed by atoms with Gasteiger partial charge in [-0.1, -0.05) is 166 Å². The van der Waals surface area contributed by atoms with E-state index in [2.05, 4.69) is 169 Å². The molecule has 1 aliphatic carbocycles. The summed E-state index contributed by atoms with van der Waals surface area (Å²) < 4.78 is 5.84. The zero-order chi connectivity index (χ0) is 41.1. The highest BCUT2D eigenvalue weighted by Crippen LogP contribution is 2.50. The first-order chi connectivity index (χ1) is 30.5. The molecule has 0 saturated carbocycles. The van der Waals surface area contributed by atoms with Gasteiger partial charge in [-0.25, -0.2) is 9.97 Å². The summed E-state index contributed by atoms with van der Waals surface area (Å²) in [7, 11) is 0. The van der Waals surface area contributed by atoms with Gasteiger partial charge in [-0.05, 0) is 52.6 Å². The van der Waals surface area contributed by atoms with Crippen LogP contribution in [0, 0.1) is 0 Å². The first-order valence-electron chi connectivity index (χ1n) is 21.0. The Morgan fingerprint density at radius 3 is 1.71 bits per heavy atom. The van der Waals surface area contributed by atoms with Crippen LogP contribution in [0.2, 0.25) is 0 Å². The quantitative estimate of drug-likeness (QED) is 0.174. The van der Waals surface area contributed by atoms with Gasteiger partial charge in [0.25, 0.3) is 0 Å². The molecule has 0 radical (unpaired) electrons. The van der Waals surface area contributed by atoms with Crippen LogP contribution in [0.3, 0.4) is 0 Å². The number of rotatable bonds is 5.